The Bertz CT molecular complexity index is 761. The van der Waals surface area contributed by atoms with E-state index in [-0.39, 0.29) is 19.4 Å². The molecule has 1 fully saturated rings. The van der Waals surface area contributed by atoms with E-state index in [0.29, 0.717) is 12.2 Å². The maximum absolute atomic E-state index is 12.2. The number of nitrogens with zero attached hydrogens (tertiary/aromatic N) is 2. The molecule has 0 radical (unpaired) electrons. The van der Waals surface area contributed by atoms with Gasteiger partial charge in [0.1, 0.15) is 17.7 Å². The van der Waals surface area contributed by atoms with Crippen LogP contribution in [-0.4, -0.2) is 55.1 Å². The molecule has 1 aromatic heterocycles. The molecule has 2 N–H and O–H groups in total. The maximum Gasteiger partial charge on any atom is 0.226 e. The van der Waals surface area contributed by atoms with E-state index in [0.717, 1.165) is 62.0 Å². The number of carbonyl (C=O) groups is 1. The third-order valence-corrected chi connectivity index (χ3v) is 4.88. The number of hydrogen-bond donors (Lipinski definition) is 2. The zero-order valence-corrected chi connectivity index (χ0v) is 20.3. The molecule has 3 rings (SSSR count). The van der Waals surface area contributed by atoms with Crippen molar-refractivity contribution < 1.29 is 9.53 Å². The number of pyridine rings is 1. The highest BCUT2D eigenvalue weighted by molar-refractivity contribution is 5.93. The molecule has 6 nitrogen and oxygen atoms in total. The van der Waals surface area contributed by atoms with Crippen molar-refractivity contribution in [1.82, 2.24) is 15.2 Å². The van der Waals surface area contributed by atoms with Gasteiger partial charge in [0.25, 0.3) is 0 Å². The number of anilines is 1. The van der Waals surface area contributed by atoms with Crippen molar-refractivity contribution >= 4 is 22.5 Å². The fraction of sp³-hybridized carbons (Fsp3) is 0.615. The van der Waals surface area contributed by atoms with Gasteiger partial charge in [0.2, 0.25) is 5.91 Å². The number of nitrogens with one attached hydrogen (secondary N) is 2. The normalized spacial score (nSPS) is 13.2. The second kappa shape index (κ2) is 17.4. The van der Waals surface area contributed by atoms with Crippen LogP contribution in [0.5, 0.6) is 5.75 Å². The first-order valence-electron chi connectivity index (χ1n) is 11.9. The van der Waals surface area contributed by atoms with Crippen molar-refractivity contribution in [3.63, 3.8) is 0 Å². The van der Waals surface area contributed by atoms with Gasteiger partial charge in [-0.05, 0) is 75.6 Å². The Morgan fingerprint density at radius 2 is 1.81 bits per heavy atom. The first-order valence-corrected chi connectivity index (χ1v) is 11.9. The van der Waals surface area contributed by atoms with Crippen LogP contribution in [0, 0.1) is 0 Å². The second-order valence-corrected chi connectivity index (χ2v) is 7.25. The maximum atomic E-state index is 12.2. The SMILES string of the molecule is C.CC.CC.CCCN(C)CCC(=O)Nc1cc2cc(OC3CCNCC3)ccc2cn1. The lowest BCUT2D eigenvalue weighted by atomic mass is 10.1. The molecule has 0 atom stereocenters. The average molecular weight is 447 g/mol. The number of benzene rings is 1. The zero-order chi connectivity index (χ0) is 23.1. The van der Waals surface area contributed by atoms with Crippen LogP contribution in [0.4, 0.5) is 5.82 Å². The summed E-state index contributed by atoms with van der Waals surface area (Å²) in [5.41, 5.74) is 0. The number of hydrogen-bond acceptors (Lipinski definition) is 5. The van der Waals surface area contributed by atoms with Crippen LogP contribution in [0.2, 0.25) is 0 Å². The third kappa shape index (κ3) is 10.4. The van der Waals surface area contributed by atoms with Gasteiger partial charge < -0.3 is 20.3 Å². The molecule has 182 valence electrons. The van der Waals surface area contributed by atoms with Gasteiger partial charge in [-0.1, -0.05) is 42.0 Å². The Labute approximate surface area is 196 Å². The Balaban J connectivity index is 0.00000182. The molecule has 0 bridgehead atoms. The number of aromatic nitrogens is 1. The Hall–Kier alpha value is -2.18. The van der Waals surface area contributed by atoms with Gasteiger partial charge in [0, 0.05) is 24.5 Å². The largest absolute Gasteiger partial charge is 0.490 e. The fourth-order valence-corrected chi connectivity index (χ4v) is 3.36. The van der Waals surface area contributed by atoms with Gasteiger partial charge in [0.15, 0.2) is 0 Å². The fourth-order valence-electron chi connectivity index (χ4n) is 3.36. The molecule has 1 aromatic carbocycles. The molecular formula is C26H46N4O2. The lowest BCUT2D eigenvalue weighted by molar-refractivity contribution is -0.116. The van der Waals surface area contributed by atoms with Crippen LogP contribution in [0.1, 0.15) is 67.7 Å². The summed E-state index contributed by atoms with van der Waals surface area (Å²) in [6, 6.07) is 7.96. The smallest absolute Gasteiger partial charge is 0.226 e. The second-order valence-electron chi connectivity index (χ2n) is 7.25. The van der Waals surface area contributed by atoms with Crippen LogP contribution < -0.4 is 15.4 Å². The highest BCUT2D eigenvalue weighted by atomic mass is 16.5. The minimum absolute atomic E-state index is 0. The predicted molar refractivity (Wildman–Crippen MR) is 139 cm³/mol. The van der Waals surface area contributed by atoms with E-state index in [1.165, 1.54) is 0 Å². The molecule has 1 saturated heterocycles. The first-order chi connectivity index (χ1) is 15.1. The summed E-state index contributed by atoms with van der Waals surface area (Å²) >= 11 is 0. The Morgan fingerprint density at radius 1 is 1.12 bits per heavy atom. The summed E-state index contributed by atoms with van der Waals surface area (Å²) in [6.45, 7) is 13.9. The number of amides is 1. The number of rotatable bonds is 8. The van der Waals surface area contributed by atoms with Gasteiger partial charge in [-0.15, -0.1) is 0 Å². The number of fused-ring (bicyclic) bond motifs is 1. The molecule has 0 saturated carbocycles. The van der Waals surface area contributed by atoms with Gasteiger partial charge in [-0.2, -0.15) is 0 Å². The summed E-state index contributed by atoms with van der Waals surface area (Å²) in [7, 11) is 2.04. The molecule has 6 heteroatoms. The molecule has 32 heavy (non-hydrogen) atoms. The predicted octanol–water partition coefficient (Wildman–Crippen LogP) is 5.72. The molecule has 1 aliphatic heterocycles. The molecule has 0 aliphatic carbocycles. The molecule has 1 aliphatic rings. The lowest BCUT2D eigenvalue weighted by Gasteiger charge is -2.24. The standard InChI is InChI=1S/C21H30N4O2.2C2H6.CH4/c1-3-11-25(2)12-8-21(26)24-20-14-17-13-19(5-4-16(17)15-23-20)27-18-6-9-22-10-7-18;2*1-2;/h4-5,13-15,18,22H,3,6-12H2,1-2H3,(H,23,24,26);2*1-2H3;1H4. The van der Waals surface area contributed by atoms with Gasteiger partial charge >= 0.3 is 0 Å². The zero-order valence-electron chi connectivity index (χ0n) is 20.3. The van der Waals surface area contributed by atoms with E-state index >= 15 is 0 Å². The van der Waals surface area contributed by atoms with Gasteiger partial charge in [-0.25, -0.2) is 4.98 Å². The quantitative estimate of drug-likeness (QED) is 0.542. The van der Waals surface area contributed by atoms with Gasteiger partial charge in [-0.3, -0.25) is 4.79 Å². The monoisotopic (exact) mass is 446 g/mol. The van der Waals surface area contributed by atoms with Crippen LogP contribution >= 0.6 is 0 Å². The van der Waals surface area contributed by atoms with Crippen molar-refractivity contribution in [2.24, 2.45) is 0 Å². The summed E-state index contributed by atoms with van der Waals surface area (Å²) in [5.74, 6) is 1.45. The lowest BCUT2D eigenvalue weighted by Crippen LogP contribution is -2.34. The molecular weight excluding hydrogens is 400 g/mol. The van der Waals surface area contributed by atoms with E-state index in [2.05, 4.69) is 27.4 Å². The summed E-state index contributed by atoms with van der Waals surface area (Å²) in [6.07, 6.45) is 5.68. The highest BCUT2D eigenvalue weighted by Crippen LogP contribution is 2.24. The average Bonchev–Trinajstić information content (AvgIpc) is 2.81. The number of piperidine rings is 1. The van der Waals surface area contributed by atoms with Crippen LogP contribution in [0.3, 0.4) is 0 Å². The molecule has 0 spiro atoms. The third-order valence-electron chi connectivity index (χ3n) is 4.88. The van der Waals surface area contributed by atoms with E-state index in [1.54, 1.807) is 6.20 Å². The minimum Gasteiger partial charge on any atom is -0.490 e. The number of carbonyl (C=O) groups excluding carboxylic acids is 1. The van der Waals surface area contributed by atoms with Crippen LogP contribution in [0.25, 0.3) is 10.8 Å². The summed E-state index contributed by atoms with van der Waals surface area (Å²) in [4.78, 5) is 18.7. The Morgan fingerprint density at radius 3 is 2.47 bits per heavy atom. The van der Waals surface area contributed by atoms with E-state index in [9.17, 15) is 4.79 Å². The van der Waals surface area contributed by atoms with E-state index in [4.69, 9.17) is 4.74 Å². The highest BCUT2D eigenvalue weighted by Gasteiger charge is 2.14. The summed E-state index contributed by atoms with van der Waals surface area (Å²) in [5, 5.41) is 8.31. The molecule has 1 amide bonds. The summed E-state index contributed by atoms with van der Waals surface area (Å²) < 4.78 is 6.12. The van der Waals surface area contributed by atoms with Crippen LogP contribution in [0.15, 0.2) is 30.5 Å². The van der Waals surface area contributed by atoms with Crippen molar-refractivity contribution in [1.29, 1.82) is 0 Å². The topological polar surface area (TPSA) is 66.5 Å². The molecule has 2 heterocycles. The molecule has 0 unspecified atom stereocenters. The Kier molecular flexibility index (Phi) is 16.2. The minimum atomic E-state index is -0.00749. The molecule has 2 aromatic rings. The van der Waals surface area contributed by atoms with Crippen molar-refractivity contribution in [2.75, 3.05) is 38.5 Å². The van der Waals surface area contributed by atoms with Crippen molar-refractivity contribution in [3.05, 3.63) is 30.5 Å². The van der Waals surface area contributed by atoms with E-state index in [1.807, 2.05) is 59.0 Å². The van der Waals surface area contributed by atoms with Crippen molar-refractivity contribution in [2.45, 2.75) is 73.8 Å². The van der Waals surface area contributed by atoms with Crippen LogP contribution in [-0.2, 0) is 4.79 Å². The number of ether oxygens (including phenoxy) is 1. The van der Waals surface area contributed by atoms with Crippen molar-refractivity contribution in [3.8, 4) is 5.75 Å². The first kappa shape index (κ1) is 29.8. The van der Waals surface area contributed by atoms with Gasteiger partial charge in [0.05, 0.1) is 0 Å². The van der Waals surface area contributed by atoms with E-state index < -0.39 is 0 Å².